The van der Waals surface area contributed by atoms with Gasteiger partial charge < -0.3 is 10.2 Å². The molecule has 0 aliphatic carbocycles. The van der Waals surface area contributed by atoms with Crippen LogP contribution in [0.4, 0.5) is 11.5 Å². The lowest BCUT2D eigenvalue weighted by atomic mass is 10.2. The van der Waals surface area contributed by atoms with Crippen molar-refractivity contribution < 1.29 is 13.2 Å². The van der Waals surface area contributed by atoms with Gasteiger partial charge in [0.2, 0.25) is 0 Å². The summed E-state index contributed by atoms with van der Waals surface area (Å²) in [6.07, 6.45) is 0.453. The number of anilines is 2. The van der Waals surface area contributed by atoms with Crippen LogP contribution in [0.15, 0.2) is 36.4 Å². The van der Waals surface area contributed by atoms with E-state index in [0.717, 1.165) is 5.69 Å². The first-order chi connectivity index (χ1) is 11.8. The summed E-state index contributed by atoms with van der Waals surface area (Å²) in [6.45, 7) is 0. The number of nitrogens with one attached hydrogen (secondary N) is 1. The number of halogens is 1. The van der Waals surface area contributed by atoms with Gasteiger partial charge in [-0.25, -0.2) is 8.42 Å². The summed E-state index contributed by atoms with van der Waals surface area (Å²) in [5.74, 6) is 0.265. The van der Waals surface area contributed by atoms with Crippen molar-refractivity contribution in [3.05, 3.63) is 47.1 Å². The van der Waals surface area contributed by atoms with Crippen LogP contribution in [0.5, 0.6) is 0 Å². The monoisotopic (exact) mass is 380 g/mol. The number of rotatable bonds is 4. The van der Waals surface area contributed by atoms with Crippen LogP contribution in [0.1, 0.15) is 16.9 Å². The molecule has 3 rings (SSSR count). The van der Waals surface area contributed by atoms with Gasteiger partial charge in [-0.3, -0.25) is 4.79 Å². The highest BCUT2D eigenvalue weighted by molar-refractivity contribution is 7.91. The summed E-state index contributed by atoms with van der Waals surface area (Å²) in [5.41, 5.74) is 0.972. The second kappa shape index (κ2) is 6.97. The Bertz CT molecular complexity index is 869. The summed E-state index contributed by atoms with van der Waals surface area (Å²) in [7, 11) is -1.46. The molecule has 132 valence electrons. The fourth-order valence-electron chi connectivity index (χ4n) is 2.62. The molecule has 1 aromatic heterocycles. The van der Waals surface area contributed by atoms with Gasteiger partial charge in [-0.15, -0.1) is 10.2 Å². The quantitative estimate of drug-likeness (QED) is 0.873. The van der Waals surface area contributed by atoms with Gasteiger partial charge in [0.15, 0.2) is 21.3 Å². The molecule has 9 heteroatoms. The van der Waals surface area contributed by atoms with E-state index in [2.05, 4.69) is 15.5 Å². The average molecular weight is 381 g/mol. The van der Waals surface area contributed by atoms with Crippen LogP contribution in [-0.2, 0) is 9.84 Å². The minimum Gasteiger partial charge on any atom is -0.339 e. The molecule has 1 aromatic carbocycles. The number of hydrogen-bond donors (Lipinski definition) is 1. The van der Waals surface area contributed by atoms with E-state index in [1.54, 1.807) is 43.4 Å². The molecule has 0 spiro atoms. The van der Waals surface area contributed by atoms with E-state index >= 15 is 0 Å². The molecule has 2 heterocycles. The fourth-order valence-corrected chi connectivity index (χ4v) is 4.52. The summed E-state index contributed by atoms with van der Waals surface area (Å²) in [5, 5.41) is 11.6. The number of carbonyl (C=O) groups excluding carboxylic acids is 1. The molecule has 25 heavy (non-hydrogen) atoms. The smallest absolute Gasteiger partial charge is 0.274 e. The normalized spacial score (nSPS) is 18.7. The summed E-state index contributed by atoms with van der Waals surface area (Å²) in [6, 6.07) is 10.0. The summed E-state index contributed by atoms with van der Waals surface area (Å²) >= 11 is 5.84. The molecule has 1 N–H and O–H groups in total. The number of carbonyl (C=O) groups is 1. The highest BCUT2D eigenvalue weighted by atomic mass is 35.5. The van der Waals surface area contributed by atoms with Gasteiger partial charge in [0.05, 0.1) is 11.5 Å². The molecule has 0 saturated carbocycles. The Hall–Kier alpha value is -2.19. The second-order valence-electron chi connectivity index (χ2n) is 5.91. The third kappa shape index (κ3) is 4.26. The van der Waals surface area contributed by atoms with Crippen molar-refractivity contribution in [1.82, 2.24) is 15.1 Å². The summed E-state index contributed by atoms with van der Waals surface area (Å²) < 4.78 is 23.1. The minimum absolute atomic E-state index is 0.00112. The minimum atomic E-state index is -3.05. The Balaban J connectivity index is 1.67. The van der Waals surface area contributed by atoms with E-state index in [1.165, 1.54) is 4.90 Å². The van der Waals surface area contributed by atoms with E-state index in [0.29, 0.717) is 17.3 Å². The predicted molar refractivity (Wildman–Crippen MR) is 95.9 cm³/mol. The third-order valence-electron chi connectivity index (χ3n) is 4.08. The summed E-state index contributed by atoms with van der Waals surface area (Å²) in [4.78, 5) is 13.9. The molecule has 1 aliphatic heterocycles. The Morgan fingerprint density at radius 2 is 1.92 bits per heavy atom. The van der Waals surface area contributed by atoms with Crippen LogP contribution in [0.25, 0.3) is 0 Å². The number of nitrogens with zero attached hydrogens (tertiary/aromatic N) is 3. The lowest BCUT2D eigenvalue weighted by Gasteiger charge is -2.22. The molecule has 1 aliphatic rings. The predicted octanol–water partition coefficient (Wildman–Crippen LogP) is 2.13. The number of aromatic nitrogens is 2. The highest BCUT2D eigenvalue weighted by Crippen LogP contribution is 2.19. The van der Waals surface area contributed by atoms with Crippen molar-refractivity contribution in [2.24, 2.45) is 0 Å². The molecule has 7 nitrogen and oxygen atoms in total. The van der Waals surface area contributed by atoms with Crippen molar-refractivity contribution in [3.63, 3.8) is 0 Å². The van der Waals surface area contributed by atoms with Gasteiger partial charge in [-0.05, 0) is 42.8 Å². The van der Waals surface area contributed by atoms with Crippen LogP contribution in [0.2, 0.25) is 5.02 Å². The van der Waals surface area contributed by atoms with Gasteiger partial charge in [0.1, 0.15) is 0 Å². The van der Waals surface area contributed by atoms with Crippen molar-refractivity contribution in [1.29, 1.82) is 0 Å². The zero-order chi connectivity index (χ0) is 18.0. The van der Waals surface area contributed by atoms with Crippen LogP contribution in [0, 0.1) is 0 Å². The highest BCUT2D eigenvalue weighted by Gasteiger charge is 2.33. The van der Waals surface area contributed by atoms with E-state index in [9.17, 15) is 13.2 Å². The van der Waals surface area contributed by atoms with E-state index in [1.807, 2.05) is 0 Å². The van der Waals surface area contributed by atoms with Gasteiger partial charge in [0, 0.05) is 23.8 Å². The van der Waals surface area contributed by atoms with E-state index in [-0.39, 0.29) is 29.1 Å². The first-order valence-corrected chi connectivity index (χ1v) is 9.88. The van der Waals surface area contributed by atoms with Crippen LogP contribution in [0.3, 0.4) is 0 Å². The molecular formula is C16H17ClN4O3S. The first-order valence-electron chi connectivity index (χ1n) is 7.68. The van der Waals surface area contributed by atoms with E-state index in [4.69, 9.17) is 11.6 Å². The second-order valence-corrected chi connectivity index (χ2v) is 8.57. The largest absolute Gasteiger partial charge is 0.339 e. The zero-order valence-corrected chi connectivity index (χ0v) is 15.1. The first kappa shape index (κ1) is 17.6. The Labute approximate surface area is 150 Å². The lowest BCUT2D eigenvalue weighted by Crippen LogP contribution is -2.38. The van der Waals surface area contributed by atoms with Gasteiger partial charge >= 0.3 is 0 Å². The van der Waals surface area contributed by atoms with Crippen LogP contribution in [-0.4, -0.2) is 54.0 Å². The molecule has 2 aromatic rings. The van der Waals surface area contributed by atoms with Crippen LogP contribution >= 0.6 is 11.6 Å². The molecule has 1 saturated heterocycles. The Morgan fingerprint density at radius 1 is 1.20 bits per heavy atom. The van der Waals surface area contributed by atoms with Gasteiger partial charge in [-0.1, -0.05) is 11.6 Å². The van der Waals surface area contributed by atoms with Crippen molar-refractivity contribution >= 4 is 38.9 Å². The van der Waals surface area contributed by atoms with Crippen molar-refractivity contribution in [2.75, 3.05) is 23.9 Å². The van der Waals surface area contributed by atoms with Gasteiger partial charge in [-0.2, -0.15) is 0 Å². The third-order valence-corrected chi connectivity index (χ3v) is 6.08. The maximum absolute atomic E-state index is 12.4. The van der Waals surface area contributed by atoms with E-state index < -0.39 is 9.84 Å². The maximum atomic E-state index is 12.4. The molecule has 0 radical (unpaired) electrons. The number of hydrogen-bond acceptors (Lipinski definition) is 6. The topological polar surface area (TPSA) is 92.3 Å². The zero-order valence-electron chi connectivity index (χ0n) is 13.5. The average Bonchev–Trinajstić information content (AvgIpc) is 2.96. The Morgan fingerprint density at radius 3 is 2.48 bits per heavy atom. The van der Waals surface area contributed by atoms with Crippen molar-refractivity contribution in [2.45, 2.75) is 12.5 Å². The molecule has 1 amide bonds. The SMILES string of the molecule is CN(C(=O)c1ccc(Nc2ccc(Cl)cc2)nn1)C1CCS(=O)(=O)C1. The van der Waals surface area contributed by atoms with Crippen LogP contribution < -0.4 is 5.32 Å². The lowest BCUT2D eigenvalue weighted by molar-refractivity contribution is 0.0740. The molecular weight excluding hydrogens is 364 g/mol. The number of sulfone groups is 1. The number of amides is 1. The fraction of sp³-hybridized carbons (Fsp3) is 0.312. The molecule has 1 atom stereocenters. The Kier molecular flexibility index (Phi) is 4.91. The molecule has 1 unspecified atom stereocenters. The van der Waals surface area contributed by atoms with Gasteiger partial charge in [0.25, 0.3) is 5.91 Å². The van der Waals surface area contributed by atoms with Crippen molar-refractivity contribution in [3.8, 4) is 0 Å². The maximum Gasteiger partial charge on any atom is 0.274 e. The molecule has 0 bridgehead atoms. The standard InChI is InChI=1S/C16H17ClN4O3S/c1-21(13-8-9-25(23,24)10-13)16(22)14-6-7-15(20-19-14)18-12-4-2-11(17)3-5-12/h2-7,13H,8-10H2,1H3,(H,18,20). The number of benzene rings is 1. The molecule has 1 fully saturated rings.